The molecule has 0 fully saturated rings. The molecule has 0 unspecified atom stereocenters. The van der Waals surface area contributed by atoms with Crippen molar-refractivity contribution < 1.29 is 19.0 Å². The van der Waals surface area contributed by atoms with Gasteiger partial charge >= 0.3 is 0 Å². The van der Waals surface area contributed by atoms with Crippen molar-refractivity contribution in [1.29, 1.82) is 0 Å². The zero-order valence-corrected chi connectivity index (χ0v) is 19.4. The van der Waals surface area contributed by atoms with E-state index in [0.29, 0.717) is 18.0 Å². The van der Waals surface area contributed by atoms with Crippen molar-refractivity contribution in [3.8, 4) is 17.2 Å². The van der Waals surface area contributed by atoms with Crippen molar-refractivity contribution in [2.24, 2.45) is 0 Å². The van der Waals surface area contributed by atoms with Gasteiger partial charge in [0.2, 0.25) is 0 Å². The Morgan fingerprint density at radius 3 is 2.35 bits per heavy atom. The van der Waals surface area contributed by atoms with Crippen LogP contribution in [-0.2, 0) is 19.4 Å². The number of carbonyl (C=O) groups excluding carboxylic acids is 1. The van der Waals surface area contributed by atoms with Gasteiger partial charge in [0.1, 0.15) is 5.75 Å². The molecule has 0 N–H and O–H groups in total. The van der Waals surface area contributed by atoms with Crippen molar-refractivity contribution in [2.45, 2.75) is 32.7 Å². The molecule has 1 heterocycles. The second kappa shape index (κ2) is 10.5. The number of ether oxygens (including phenoxy) is 3. The number of rotatable bonds is 11. The first kappa shape index (κ1) is 22.9. The zero-order valence-electron chi connectivity index (χ0n) is 19.4. The van der Waals surface area contributed by atoms with E-state index in [4.69, 9.17) is 14.2 Å². The smallest absolute Gasteiger partial charge is 0.254 e. The number of aryl methyl sites for hydroxylation is 1. The van der Waals surface area contributed by atoms with E-state index in [1.807, 2.05) is 11.0 Å². The summed E-state index contributed by atoms with van der Waals surface area (Å²) in [6.45, 7) is 5.42. The Hall–Kier alpha value is -2.73. The van der Waals surface area contributed by atoms with Crippen molar-refractivity contribution in [3.63, 3.8) is 0 Å². The van der Waals surface area contributed by atoms with Crippen LogP contribution in [0.1, 0.15) is 40.4 Å². The molecule has 1 aliphatic rings. The number of likely N-dealkylation sites (N-methyl/N-ethyl adjacent to an activating group) is 1. The minimum Gasteiger partial charge on any atom is -0.496 e. The summed E-state index contributed by atoms with van der Waals surface area (Å²) in [5.41, 5.74) is 4.25. The number of nitrogens with zero attached hydrogens (tertiary/aromatic N) is 2. The Bertz CT molecular complexity index is 913. The van der Waals surface area contributed by atoms with Gasteiger partial charge in [-0.05, 0) is 67.7 Å². The van der Waals surface area contributed by atoms with E-state index in [2.05, 4.69) is 37.1 Å². The number of benzene rings is 2. The summed E-state index contributed by atoms with van der Waals surface area (Å²) in [6, 6.07) is 10.2. The molecule has 0 saturated carbocycles. The number of amides is 1. The van der Waals surface area contributed by atoms with Crippen LogP contribution in [0.2, 0.25) is 0 Å². The molecule has 3 rings (SSSR count). The highest BCUT2D eigenvalue weighted by Gasteiger charge is 2.29. The molecule has 0 spiro atoms. The van der Waals surface area contributed by atoms with Gasteiger partial charge in [-0.2, -0.15) is 0 Å². The molecule has 0 radical (unpaired) electrons. The van der Waals surface area contributed by atoms with Crippen LogP contribution in [0.25, 0.3) is 0 Å². The summed E-state index contributed by atoms with van der Waals surface area (Å²) in [4.78, 5) is 17.0. The summed E-state index contributed by atoms with van der Waals surface area (Å²) >= 11 is 0. The fourth-order valence-electron chi connectivity index (χ4n) is 4.08. The maximum absolute atomic E-state index is 12.8. The van der Waals surface area contributed by atoms with Crippen molar-refractivity contribution in [3.05, 3.63) is 52.6 Å². The van der Waals surface area contributed by atoms with Gasteiger partial charge in [0, 0.05) is 25.2 Å². The largest absolute Gasteiger partial charge is 0.496 e. The topological polar surface area (TPSA) is 51.2 Å². The average molecular weight is 427 g/mol. The lowest BCUT2D eigenvalue weighted by Crippen LogP contribution is -2.29. The van der Waals surface area contributed by atoms with E-state index in [-0.39, 0.29) is 5.91 Å². The van der Waals surface area contributed by atoms with Crippen LogP contribution in [0.5, 0.6) is 17.2 Å². The lowest BCUT2D eigenvalue weighted by atomic mass is 10.1. The molecule has 6 nitrogen and oxygen atoms in total. The van der Waals surface area contributed by atoms with E-state index >= 15 is 0 Å². The van der Waals surface area contributed by atoms with Crippen LogP contribution < -0.4 is 14.2 Å². The average Bonchev–Trinajstić information content (AvgIpc) is 3.10. The molecular formula is C25H34N2O4. The zero-order chi connectivity index (χ0) is 22.4. The summed E-state index contributed by atoms with van der Waals surface area (Å²) in [6.07, 6.45) is 2.88. The van der Waals surface area contributed by atoms with Gasteiger partial charge in [0.25, 0.3) is 5.91 Å². The second-order valence-corrected chi connectivity index (χ2v) is 8.00. The van der Waals surface area contributed by atoms with Crippen LogP contribution in [-0.4, -0.2) is 63.7 Å². The Morgan fingerprint density at radius 2 is 1.68 bits per heavy atom. The standard InChI is InChI=1S/C25H34N2O4/c1-6-19-9-8-18(14-22(19)29-3)10-13-26(2)11-7-12-27-17-20-15-23(30-4)24(31-5)16-21(20)25(27)28/h8-9,14-16H,6-7,10-13,17H2,1-5H3. The van der Waals surface area contributed by atoms with Crippen LogP contribution in [0, 0.1) is 0 Å². The quantitative estimate of drug-likeness (QED) is 0.547. The fraction of sp³-hybridized carbons (Fsp3) is 0.480. The molecule has 2 aromatic rings. The number of hydrogen-bond donors (Lipinski definition) is 0. The summed E-state index contributed by atoms with van der Waals surface area (Å²) in [5, 5.41) is 0. The Kier molecular flexibility index (Phi) is 7.80. The van der Waals surface area contributed by atoms with E-state index in [1.165, 1.54) is 11.1 Å². The minimum absolute atomic E-state index is 0.0710. The van der Waals surface area contributed by atoms with Crippen LogP contribution in [0.3, 0.4) is 0 Å². The van der Waals surface area contributed by atoms with Crippen molar-refractivity contribution in [1.82, 2.24) is 9.80 Å². The Balaban J connectivity index is 1.47. The first-order chi connectivity index (χ1) is 15.0. The highest BCUT2D eigenvalue weighted by Crippen LogP contribution is 2.34. The second-order valence-electron chi connectivity index (χ2n) is 8.00. The van der Waals surface area contributed by atoms with Crippen LogP contribution >= 0.6 is 0 Å². The first-order valence-corrected chi connectivity index (χ1v) is 10.9. The molecule has 0 aromatic heterocycles. The van der Waals surface area contributed by atoms with Gasteiger partial charge < -0.3 is 24.0 Å². The number of methoxy groups -OCH3 is 3. The molecule has 2 aromatic carbocycles. The van der Waals surface area contributed by atoms with Crippen LogP contribution in [0.15, 0.2) is 30.3 Å². The van der Waals surface area contributed by atoms with Crippen molar-refractivity contribution in [2.75, 3.05) is 48.0 Å². The summed E-state index contributed by atoms with van der Waals surface area (Å²) < 4.78 is 16.2. The third-order valence-electron chi connectivity index (χ3n) is 5.97. The van der Waals surface area contributed by atoms with Gasteiger partial charge in [0.05, 0.1) is 21.3 Å². The maximum Gasteiger partial charge on any atom is 0.254 e. The van der Waals surface area contributed by atoms with Crippen LogP contribution in [0.4, 0.5) is 0 Å². The third-order valence-corrected chi connectivity index (χ3v) is 5.97. The molecule has 168 valence electrons. The molecule has 0 aliphatic carbocycles. The molecule has 6 heteroatoms. The predicted molar refractivity (Wildman–Crippen MR) is 122 cm³/mol. The van der Waals surface area contributed by atoms with Gasteiger partial charge in [-0.3, -0.25) is 4.79 Å². The Morgan fingerprint density at radius 1 is 0.968 bits per heavy atom. The summed E-state index contributed by atoms with van der Waals surface area (Å²) in [5.74, 6) is 2.31. The predicted octanol–water partition coefficient (Wildman–Crippen LogP) is 3.80. The highest BCUT2D eigenvalue weighted by atomic mass is 16.5. The SMILES string of the molecule is CCc1ccc(CCN(C)CCCN2Cc3cc(OC)c(OC)cc3C2=O)cc1OC. The van der Waals surface area contributed by atoms with E-state index in [0.717, 1.165) is 55.8 Å². The number of fused-ring (bicyclic) bond motifs is 1. The van der Waals surface area contributed by atoms with Gasteiger partial charge in [0.15, 0.2) is 11.5 Å². The molecule has 0 bridgehead atoms. The van der Waals surface area contributed by atoms with Gasteiger partial charge in [-0.15, -0.1) is 0 Å². The lowest BCUT2D eigenvalue weighted by molar-refractivity contribution is 0.0772. The lowest BCUT2D eigenvalue weighted by Gasteiger charge is -2.20. The number of hydrogen-bond acceptors (Lipinski definition) is 5. The van der Waals surface area contributed by atoms with E-state index in [1.54, 1.807) is 27.4 Å². The fourth-order valence-corrected chi connectivity index (χ4v) is 4.08. The minimum atomic E-state index is 0.0710. The van der Waals surface area contributed by atoms with Gasteiger partial charge in [-0.25, -0.2) is 0 Å². The third kappa shape index (κ3) is 5.31. The van der Waals surface area contributed by atoms with Crippen molar-refractivity contribution >= 4 is 5.91 Å². The molecular weight excluding hydrogens is 392 g/mol. The Labute approximate surface area is 185 Å². The molecule has 1 aliphatic heterocycles. The summed E-state index contributed by atoms with van der Waals surface area (Å²) in [7, 11) is 7.07. The van der Waals surface area contributed by atoms with Gasteiger partial charge in [-0.1, -0.05) is 19.1 Å². The number of carbonyl (C=O) groups is 1. The first-order valence-electron chi connectivity index (χ1n) is 10.9. The normalized spacial score (nSPS) is 13.0. The molecule has 31 heavy (non-hydrogen) atoms. The monoisotopic (exact) mass is 426 g/mol. The molecule has 1 amide bonds. The highest BCUT2D eigenvalue weighted by molar-refractivity contribution is 5.99. The van der Waals surface area contributed by atoms with E-state index < -0.39 is 0 Å². The van der Waals surface area contributed by atoms with E-state index in [9.17, 15) is 4.79 Å². The molecule has 0 atom stereocenters. The maximum atomic E-state index is 12.8. The molecule has 0 saturated heterocycles.